The minimum Gasteiger partial charge on any atom is -0.305 e. The quantitative estimate of drug-likeness (QED) is 0.133. The molecule has 3 aromatic carbocycles. The highest BCUT2D eigenvalue weighted by molar-refractivity contribution is 6.31. The lowest BCUT2D eigenvalue weighted by Gasteiger charge is -2.32. The molecule has 46 heavy (non-hydrogen) atoms. The van der Waals surface area contributed by atoms with Crippen LogP contribution in [0, 0.1) is 6.92 Å². The summed E-state index contributed by atoms with van der Waals surface area (Å²) in [4.78, 5) is 38.2. The Morgan fingerprint density at radius 1 is 0.957 bits per heavy atom. The minimum atomic E-state index is -4.62. The van der Waals surface area contributed by atoms with E-state index in [1.807, 2.05) is 67.6 Å². The van der Waals surface area contributed by atoms with Crippen LogP contribution in [0.2, 0.25) is 5.02 Å². The highest BCUT2D eigenvalue weighted by atomic mass is 35.5. The SMILES string of the molecule is Cc1cc(C(=O)Cc2cnn3c2C(=O)N(c2ccc(C(F)(F)F)c(Cl)c2)C[C@@H]3C)cc(N=C(c2ccccc2)c2ccccc2)n1. The summed E-state index contributed by atoms with van der Waals surface area (Å²) in [5, 5.41) is 3.87. The number of Topliss-reactive ketones (excluding diaryl/α,β-unsaturated/α-hetero) is 1. The van der Waals surface area contributed by atoms with Gasteiger partial charge >= 0.3 is 6.18 Å². The molecule has 0 radical (unpaired) electrons. The Labute approximate surface area is 268 Å². The van der Waals surface area contributed by atoms with Crippen molar-refractivity contribution in [2.45, 2.75) is 32.5 Å². The van der Waals surface area contributed by atoms with Crippen LogP contribution in [0.1, 0.15) is 61.8 Å². The molecule has 0 fully saturated rings. The minimum absolute atomic E-state index is 0.133. The first-order valence-electron chi connectivity index (χ1n) is 14.5. The summed E-state index contributed by atoms with van der Waals surface area (Å²) in [6, 6.07) is 25.6. The molecule has 6 rings (SSSR count). The van der Waals surface area contributed by atoms with E-state index in [4.69, 9.17) is 16.6 Å². The number of nitrogens with zero attached hydrogens (tertiary/aromatic N) is 5. The maximum Gasteiger partial charge on any atom is 0.417 e. The number of hydrogen-bond acceptors (Lipinski definition) is 5. The molecule has 0 saturated heterocycles. The molecule has 11 heteroatoms. The van der Waals surface area contributed by atoms with Crippen molar-refractivity contribution in [2.75, 3.05) is 11.4 Å². The topological polar surface area (TPSA) is 80.5 Å². The van der Waals surface area contributed by atoms with Crippen LogP contribution in [0.25, 0.3) is 0 Å². The van der Waals surface area contributed by atoms with Crippen LogP contribution in [0.5, 0.6) is 0 Å². The zero-order valence-electron chi connectivity index (χ0n) is 24.8. The summed E-state index contributed by atoms with van der Waals surface area (Å²) in [6.07, 6.45) is -3.27. The number of fused-ring (bicyclic) bond motifs is 1. The van der Waals surface area contributed by atoms with E-state index >= 15 is 0 Å². The van der Waals surface area contributed by atoms with Crippen molar-refractivity contribution in [3.05, 3.63) is 141 Å². The molecule has 0 bridgehead atoms. The van der Waals surface area contributed by atoms with Crippen LogP contribution in [-0.4, -0.2) is 38.7 Å². The number of alkyl halides is 3. The molecular formula is C35H27ClF3N5O2. The molecule has 232 valence electrons. The third-order valence-corrected chi connectivity index (χ3v) is 8.00. The first-order chi connectivity index (χ1) is 22.0. The number of carbonyl (C=O) groups is 2. The fourth-order valence-corrected chi connectivity index (χ4v) is 5.80. The number of benzene rings is 3. The zero-order chi connectivity index (χ0) is 32.6. The van der Waals surface area contributed by atoms with E-state index in [1.54, 1.807) is 23.7 Å². The largest absolute Gasteiger partial charge is 0.417 e. The molecule has 3 heterocycles. The summed E-state index contributed by atoms with van der Waals surface area (Å²) in [5.74, 6) is -0.396. The van der Waals surface area contributed by atoms with Crippen molar-refractivity contribution >= 4 is 40.5 Å². The number of ketones is 1. The fraction of sp³-hybridized carbons (Fsp3) is 0.171. The summed E-state index contributed by atoms with van der Waals surface area (Å²) < 4.78 is 41.4. The highest BCUT2D eigenvalue weighted by Crippen LogP contribution is 2.38. The Kier molecular flexibility index (Phi) is 8.31. The molecule has 1 aliphatic rings. The Morgan fingerprint density at radius 3 is 2.22 bits per heavy atom. The summed E-state index contributed by atoms with van der Waals surface area (Å²) in [6.45, 7) is 3.78. The number of aromatic nitrogens is 3. The van der Waals surface area contributed by atoms with Gasteiger partial charge < -0.3 is 4.90 Å². The Morgan fingerprint density at radius 2 is 1.61 bits per heavy atom. The van der Waals surface area contributed by atoms with Gasteiger partial charge in [-0.2, -0.15) is 18.3 Å². The van der Waals surface area contributed by atoms with Crippen LogP contribution in [-0.2, 0) is 12.6 Å². The van der Waals surface area contributed by atoms with Crippen LogP contribution >= 0.6 is 11.6 Å². The molecule has 1 aliphatic heterocycles. The molecule has 0 saturated carbocycles. The lowest BCUT2D eigenvalue weighted by Crippen LogP contribution is -2.43. The summed E-state index contributed by atoms with van der Waals surface area (Å²) in [5.41, 5.74) is 3.28. The Bertz CT molecular complexity index is 1930. The molecule has 2 aromatic heterocycles. The van der Waals surface area contributed by atoms with Crippen LogP contribution in [0.3, 0.4) is 0 Å². The van der Waals surface area contributed by atoms with Gasteiger partial charge in [-0.1, -0.05) is 72.3 Å². The molecule has 0 aliphatic carbocycles. The lowest BCUT2D eigenvalue weighted by atomic mass is 10.0. The maximum absolute atomic E-state index is 13.7. The van der Waals surface area contributed by atoms with Gasteiger partial charge in [-0.15, -0.1) is 0 Å². The smallest absolute Gasteiger partial charge is 0.305 e. The average Bonchev–Trinajstić information content (AvgIpc) is 3.46. The number of aliphatic imine (C=N–C) groups is 1. The zero-order valence-corrected chi connectivity index (χ0v) is 25.5. The van der Waals surface area contributed by atoms with Gasteiger partial charge in [0.1, 0.15) is 5.69 Å². The van der Waals surface area contributed by atoms with Gasteiger partial charge in [-0.3, -0.25) is 14.3 Å². The fourth-order valence-electron chi connectivity index (χ4n) is 5.52. The van der Waals surface area contributed by atoms with E-state index < -0.39 is 22.7 Å². The van der Waals surface area contributed by atoms with Crippen LogP contribution < -0.4 is 4.90 Å². The lowest BCUT2D eigenvalue weighted by molar-refractivity contribution is -0.137. The van der Waals surface area contributed by atoms with Gasteiger partial charge in [-0.25, -0.2) is 9.98 Å². The number of halogens is 4. The number of anilines is 1. The monoisotopic (exact) mass is 641 g/mol. The molecule has 0 N–H and O–H groups in total. The number of amides is 1. The van der Waals surface area contributed by atoms with E-state index in [0.717, 1.165) is 23.3 Å². The Hall–Kier alpha value is -5.09. The van der Waals surface area contributed by atoms with Crippen molar-refractivity contribution in [1.82, 2.24) is 14.8 Å². The van der Waals surface area contributed by atoms with E-state index in [2.05, 4.69) is 10.1 Å². The van der Waals surface area contributed by atoms with Crippen molar-refractivity contribution < 1.29 is 22.8 Å². The van der Waals surface area contributed by atoms with E-state index in [9.17, 15) is 22.8 Å². The highest BCUT2D eigenvalue weighted by Gasteiger charge is 2.36. The van der Waals surface area contributed by atoms with E-state index in [0.29, 0.717) is 28.4 Å². The number of rotatable bonds is 7. The van der Waals surface area contributed by atoms with Gasteiger partial charge in [0.05, 0.1) is 28.5 Å². The predicted molar refractivity (Wildman–Crippen MR) is 170 cm³/mol. The maximum atomic E-state index is 13.7. The molecule has 5 aromatic rings. The number of hydrogen-bond donors (Lipinski definition) is 0. The second kappa shape index (κ2) is 12.4. The van der Waals surface area contributed by atoms with Gasteiger partial charge in [-0.05, 0) is 44.2 Å². The molecule has 7 nitrogen and oxygen atoms in total. The average molecular weight is 642 g/mol. The van der Waals surface area contributed by atoms with E-state index in [-0.39, 0.29) is 36.2 Å². The molecule has 1 amide bonds. The standard InChI is InChI=1S/C35H27ClF3N5O2/c1-21-15-25(17-31(41-21)42-32(23-9-5-3-6-10-23)24-11-7-4-8-12-24)30(45)16-26-19-40-44-22(2)20-43(34(46)33(26)44)27-13-14-28(29(36)18-27)35(37,38)39/h3-15,17-19,22H,16,20H2,1-2H3/t22-/m0/s1. The molecule has 1 atom stereocenters. The number of carbonyl (C=O) groups excluding carboxylic acids is 2. The second-order valence-electron chi connectivity index (χ2n) is 11.0. The van der Waals surface area contributed by atoms with Crippen LogP contribution in [0.4, 0.5) is 24.7 Å². The molecule has 0 spiro atoms. The number of pyridine rings is 1. The normalized spacial score (nSPS) is 14.6. The van der Waals surface area contributed by atoms with Crippen molar-refractivity contribution in [3.63, 3.8) is 0 Å². The summed E-state index contributed by atoms with van der Waals surface area (Å²) in [7, 11) is 0. The van der Waals surface area contributed by atoms with Gasteiger partial charge in [0, 0.05) is 46.6 Å². The first-order valence-corrected chi connectivity index (χ1v) is 14.8. The van der Waals surface area contributed by atoms with Gasteiger partial charge in [0.2, 0.25) is 0 Å². The molecule has 0 unspecified atom stereocenters. The third-order valence-electron chi connectivity index (χ3n) is 7.69. The first kappa shape index (κ1) is 30.9. The van der Waals surface area contributed by atoms with Crippen molar-refractivity contribution in [2.24, 2.45) is 4.99 Å². The van der Waals surface area contributed by atoms with E-state index in [1.165, 1.54) is 17.2 Å². The molecular weight excluding hydrogens is 615 g/mol. The van der Waals surface area contributed by atoms with Gasteiger partial charge in [0.15, 0.2) is 11.6 Å². The van der Waals surface area contributed by atoms with Crippen LogP contribution in [0.15, 0.2) is 102 Å². The third kappa shape index (κ3) is 6.21. The Balaban J connectivity index is 1.31. The van der Waals surface area contributed by atoms with Crippen molar-refractivity contribution in [1.29, 1.82) is 0 Å². The van der Waals surface area contributed by atoms with Crippen molar-refractivity contribution in [3.8, 4) is 0 Å². The number of aryl methyl sites for hydroxylation is 1. The summed E-state index contributed by atoms with van der Waals surface area (Å²) >= 11 is 5.96. The second-order valence-corrected chi connectivity index (χ2v) is 11.4. The van der Waals surface area contributed by atoms with Gasteiger partial charge in [0.25, 0.3) is 5.91 Å². The predicted octanol–water partition coefficient (Wildman–Crippen LogP) is 8.07.